The summed E-state index contributed by atoms with van der Waals surface area (Å²) in [5.74, 6) is 1.37. The number of carbonyl (C=O) groups excluding carboxylic acids is 1. The zero-order valence-electron chi connectivity index (χ0n) is 28.8. The number of amides is 1. The van der Waals surface area contributed by atoms with Crippen molar-refractivity contribution in [2.24, 2.45) is 0 Å². The molecule has 0 aliphatic rings. The molecule has 0 aliphatic carbocycles. The summed E-state index contributed by atoms with van der Waals surface area (Å²) in [5, 5.41) is 5.64. The van der Waals surface area contributed by atoms with Crippen molar-refractivity contribution in [3.8, 4) is 17.2 Å². The first-order chi connectivity index (χ1) is 23.7. The van der Waals surface area contributed by atoms with E-state index in [0.29, 0.717) is 30.0 Å². The summed E-state index contributed by atoms with van der Waals surface area (Å²) in [6.07, 6.45) is 10.4. The summed E-state index contributed by atoms with van der Waals surface area (Å²) in [5.41, 5.74) is 0.757. The zero-order chi connectivity index (χ0) is 35.2. The molecule has 0 spiro atoms. The predicted molar refractivity (Wildman–Crippen MR) is 202 cm³/mol. The molecule has 8 nitrogen and oxygen atoms in total. The van der Waals surface area contributed by atoms with Gasteiger partial charge in [0.05, 0.1) is 21.3 Å². The summed E-state index contributed by atoms with van der Waals surface area (Å²) in [6.45, 7) is -3.36. The van der Waals surface area contributed by atoms with E-state index >= 15 is 0 Å². The van der Waals surface area contributed by atoms with Gasteiger partial charge in [0.15, 0.2) is 11.5 Å². The summed E-state index contributed by atoms with van der Waals surface area (Å²) in [7, 11) is 0.775. The largest absolute Gasteiger partial charge is 0.493 e. The fraction of sp³-hybridized carbons (Fsp3) is 0.308. The average Bonchev–Trinajstić information content (AvgIpc) is 3.12. The van der Waals surface area contributed by atoms with Crippen molar-refractivity contribution in [3.05, 3.63) is 115 Å². The molecule has 0 atom stereocenters. The van der Waals surface area contributed by atoms with Crippen molar-refractivity contribution in [3.63, 3.8) is 0 Å². The molecule has 1 N–H and O–H groups in total. The number of nitrogens with one attached hydrogen (secondary N) is 1. The van der Waals surface area contributed by atoms with Crippen LogP contribution in [0.1, 0.15) is 44.1 Å². The van der Waals surface area contributed by atoms with Crippen LogP contribution in [-0.2, 0) is 18.9 Å². The first kappa shape index (κ1) is 37.6. The first-order valence-corrected chi connectivity index (χ1v) is 20.7. The maximum absolute atomic E-state index is 13.2. The number of hydrogen-bond donors (Lipinski definition) is 1. The fourth-order valence-electron chi connectivity index (χ4n) is 6.42. The molecule has 0 unspecified atom stereocenters. The van der Waals surface area contributed by atoms with Gasteiger partial charge in [0.25, 0.3) is 0 Å². The van der Waals surface area contributed by atoms with E-state index in [0.717, 1.165) is 66.3 Å². The topological polar surface area (TPSA) is 100 Å². The van der Waals surface area contributed by atoms with E-state index in [1.165, 1.54) is 6.08 Å². The van der Waals surface area contributed by atoms with Crippen molar-refractivity contribution in [1.29, 1.82) is 0 Å². The summed E-state index contributed by atoms with van der Waals surface area (Å²) >= 11 is 0. The third-order valence-corrected chi connectivity index (χ3v) is 16.4. The third-order valence-electron chi connectivity index (χ3n) is 8.63. The SMILES string of the molecule is COc1cc(/C=C/C(=O)NCCCCCCCCP(OS(C)(=O)=O)(c2ccccc2)(c2ccccc2)c2ccccc2)cc(OC)c1OC. The van der Waals surface area contributed by atoms with Crippen LogP contribution >= 0.6 is 6.83 Å². The van der Waals surface area contributed by atoms with Crippen LogP contribution in [0.25, 0.3) is 6.08 Å². The zero-order valence-corrected chi connectivity index (χ0v) is 30.6. The normalized spacial score (nSPS) is 12.6. The maximum Gasteiger partial charge on any atom is 0.203 e. The number of benzene rings is 4. The van der Waals surface area contributed by atoms with E-state index in [1.54, 1.807) is 39.5 Å². The second kappa shape index (κ2) is 17.5. The van der Waals surface area contributed by atoms with Crippen LogP contribution in [0.5, 0.6) is 17.2 Å². The number of methoxy groups -OCH3 is 3. The minimum atomic E-state index is -3.94. The second-order valence-corrected chi connectivity index (χ2v) is 18.4. The van der Waals surface area contributed by atoms with E-state index in [-0.39, 0.29) is 5.91 Å². The van der Waals surface area contributed by atoms with Gasteiger partial charge in [-0.05, 0) is 17.7 Å². The molecule has 0 aromatic heterocycles. The van der Waals surface area contributed by atoms with Crippen LogP contribution in [-0.4, -0.2) is 54.6 Å². The number of carbonyl (C=O) groups is 1. The Bertz CT molecular complexity index is 1660. The molecule has 10 heteroatoms. The van der Waals surface area contributed by atoms with Crippen LogP contribution in [0.15, 0.2) is 109 Å². The minimum absolute atomic E-state index is 0.173. The molecule has 0 bridgehead atoms. The summed E-state index contributed by atoms with van der Waals surface area (Å²) in [6, 6.07) is 33.2. The molecule has 0 aliphatic heterocycles. The van der Waals surface area contributed by atoms with Gasteiger partial charge in [0.2, 0.25) is 5.75 Å². The molecular formula is C39H48NO7PS. The second-order valence-electron chi connectivity index (χ2n) is 11.9. The molecule has 0 fully saturated rings. The predicted octanol–water partition coefficient (Wildman–Crippen LogP) is 6.60. The van der Waals surface area contributed by atoms with Crippen LogP contribution < -0.4 is 35.4 Å². The van der Waals surface area contributed by atoms with Gasteiger partial charge < -0.3 is 14.2 Å². The van der Waals surface area contributed by atoms with Crippen molar-refractivity contribution in [2.45, 2.75) is 38.5 Å². The molecular weight excluding hydrogens is 657 g/mol. The van der Waals surface area contributed by atoms with E-state index in [1.807, 2.05) is 91.0 Å². The van der Waals surface area contributed by atoms with E-state index in [9.17, 15) is 13.2 Å². The molecule has 4 aromatic rings. The molecule has 262 valence electrons. The van der Waals surface area contributed by atoms with E-state index in [4.69, 9.17) is 18.2 Å². The van der Waals surface area contributed by atoms with Crippen molar-refractivity contribution in [1.82, 2.24) is 5.32 Å². The van der Waals surface area contributed by atoms with Gasteiger partial charge >= 0.3 is 222 Å². The summed E-state index contributed by atoms with van der Waals surface area (Å²) < 4.78 is 49.1. The van der Waals surface area contributed by atoms with Crippen molar-refractivity contribution in [2.75, 3.05) is 40.3 Å². The van der Waals surface area contributed by atoms with Gasteiger partial charge in [-0.2, -0.15) is 0 Å². The first-order valence-electron chi connectivity index (χ1n) is 16.5. The van der Waals surface area contributed by atoms with E-state index in [2.05, 4.69) is 5.32 Å². The van der Waals surface area contributed by atoms with Gasteiger partial charge in [-0.25, -0.2) is 0 Å². The minimum Gasteiger partial charge on any atom is -0.493 e. The smallest absolute Gasteiger partial charge is 0.203 e. The molecule has 1 amide bonds. The van der Waals surface area contributed by atoms with Crippen LogP contribution in [0, 0.1) is 0 Å². The molecule has 49 heavy (non-hydrogen) atoms. The number of unbranched alkanes of at least 4 members (excludes halogenated alkanes) is 5. The molecule has 0 saturated heterocycles. The molecule has 4 rings (SSSR count). The Morgan fingerprint density at radius 1 is 0.673 bits per heavy atom. The van der Waals surface area contributed by atoms with Gasteiger partial charge in [0, 0.05) is 0 Å². The van der Waals surface area contributed by atoms with Crippen LogP contribution in [0.2, 0.25) is 0 Å². The maximum atomic E-state index is 13.2. The Morgan fingerprint density at radius 3 is 1.55 bits per heavy atom. The third kappa shape index (κ3) is 9.09. The summed E-state index contributed by atoms with van der Waals surface area (Å²) in [4.78, 5) is 12.5. The molecule has 4 aromatic carbocycles. The van der Waals surface area contributed by atoms with Crippen molar-refractivity contribution >= 4 is 44.8 Å². The number of rotatable bonds is 19. The van der Waals surface area contributed by atoms with Crippen LogP contribution in [0.4, 0.5) is 0 Å². The molecule has 0 radical (unpaired) electrons. The monoisotopic (exact) mass is 705 g/mol. The Hall–Kier alpha value is -4.17. The average molecular weight is 706 g/mol. The quantitative estimate of drug-likeness (QED) is 0.0667. The standard InChI is InChI=1S/C39H48NO7PS/c1-44-36-30-32(31-37(45-2)39(36)46-3)26-27-38(41)40-28-18-7-5-6-8-19-29-48(47-49(4,42)43,33-20-12-9-13-21-33,34-22-14-10-15-23-34)35-24-16-11-17-25-35/h9-17,20-27,30-31H,5-8,18-19,28-29H2,1-4H3,(H,40,41)/b27-26+. The Balaban J connectivity index is 1.38. The van der Waals surface area contributed by atoms with Crippen molar-refractivity contribution < 1.29 is 31.4 Å². The van der Waals surface area contributed by atoms with Gasteiger partial charge in [-0.1, -0.05) is 0 Å². The van der Waals surface area contributed by atoms with E-state index < -0.39 is 16.9 Å². The molecule has 0 heterocycles. The number of ether oxygens (including phenoxy) is 3. The Morgan fingerprint density at radius 2 is 1.12 bits per heavy atom. The van der Waals surface area contributed by atoms with Gasteiger partial charge in [-0.3, -0.25) is 0 Å². The Labute approximate surface area is 291 Å². The molecule has 0 saturated carbocycles. The fourth-order valence-corrected chi connectivity index (χ4v) is 15.0. The van der Waals surface area contributed by atoms with Gasteiger partial charge in [-0.15, -0.1) is 0 Å². The Kier molecular flexibility index (Phi) is 13.4. The number of hydrogen-bond acceptors (Lipinski definition) is 7. The van der Waals surface area contributed by atoms with Crippen LogP contribution in [0.3, 0.4) is 0 Å². The van der Waals surface area contributed by atoms with Gasteiger partial charge in [0.1, 0.15) is 0 Å².